The minimum absolute atomic E-state index is 0. The third kappa shape index (κ3) is 35.0. The predicted octanol–water partition coefficient (Wildman–Crippen LogP) is 7.17. The fourth-order valence-electron chi connectivity index (χ4n) is 3.30. The molecule has 0 aromatic heterocycles. The van der Waals surface area contributed by atoms with Crippen LogP contribution in [0.25, 0.3) is 0 Å². The van der Waals surface area contributed by atoms with E-state index in [2.05, 4.69) is 99.4 Å². The first-order valence-corrected chi connectivity index (χ1v) is 39.8. The SMILES string of the molecule is CCOC(=O)/C(=N/O)Sc1ccc(C)cc1.CCOC(=O)/C(=N/OS(=O)(=O)c1ccc(C)cc1)Sc1ccc(C)cc1.CCOC(=O)/C(Cl)=N/O.CCOC(=O)CN.Cl.II.I[I-]I. The van der Waals surface area contributed by atoms with Crippen molar-refractivity contribution in [2.24, 2.45) is 21.2 Å². The van der Waals surface area contributed by atoms with Gasteiger partial charge < -0.3 is 35.1 Å². The normalized spacial score (nSPS) is 10.5. The topological polar surface area (TPSA) is 252 Å². The van der Waals surface area contributed by atoms with Gasteiger partial charge in [-0.05, 0) is 84.9 Å². The molecule has 0 radical (unpaired) electrons. The average molecular weight is 1560 g/mol. The van der Waals surface area contributed by atoms with E-state index in [-0.39, 0.29) is 59.7 Å². The molecule has 0 unspecified atom stereocenters. The molecule has 64 heavy (non-hydrogen) atoms. The van der Waals surface area contributed by atoms with Crippen LogP contribution in [0.1, 0.15) is 44.4 Å². The van der Waals surface area contributed by atoms with Crippen molar-refractivity contribution in [2.45, 2.75) is 63.2 Å². The van der Waals surface area contributed by atoms with Crippen molar-refractivity contribution < 1.29 is 74.5 Å². The van der Waals surface area contributed by atoms with E-state index in [9.17, 15) is 27.6 Å². The molecule has 3 rings (SSSR count). The molecule has 0 saturated heterocycles. The van der Waals surface area contributed by atoms with Crippen LogP contribution in [0, 0.1) is 20.8 Å². The van der Waals surface area contributed by atoms with Gasteiger partial charge in [0.15, 0.2) is 0 Å². The Morgan fingerprint density at radius 3 is 1.33 bits per heavy atom. The van der Waals surface area contributed by atoms with Crippen LogP contribution < -0.4 is 19.0 Å². The summed E-state index contributed by atoms with van der Waals surface area (Å²) in [5, 5.41) is 24.7. The Hall–Kier alpha value is -1.21. The van der Waals surface area contributed by atoms with Crippen molar-refractivity contribution in [2.75, 3.05) is 33.0 Å². The minimum atomic E-state index is -4.13. The van der Waals surface area contributed by atoms with Crippen molar-refractivity contribution in [3.05, 3.63) is 89.5 Å². The third-order valence-corrected chi connectivity index (χ3v) is 9.24. The molecule has 0 aliphatic carbocycles. The van der Waals surface area contributed by atoms with Gasteiger partial charge in [-0.2, -0.15) is 8.42 Å². The number of oxime groups is 3. The van der Waals surface area contributed by atoms with Crippen molar-refractivity contribution in [1.29, 1.82) is 0 Å². The molecule has 0 bridgehead atoms. The number of esters is 4. The molecule has 0 spiro atoms. The van der Waals surface area contributed by atoms with E-state index >= 15 is 0 Å². The number of ether oxygens (including phenoxy) is 4. The van der Waals surface area contributed by atoms with Crippen LogP contribution in [0.3, 0.4) is 0 Å². The van der Waals surface area contributed by atoms with Gasteiger partial charge in [-0.25, -0.2) is 14.4 Å². The Labute approximate surface area is 446 Å². The Bertz CT molecular complexity index is 1970. The maximum absolute atomic E-state index is 12.2. The van der Waals surface area contributed by atoms with E-state index < -0.39 is 33.2 Å². The quantitative estimate of drug-likeness (QED) is 0.0251. The number of hydrogen-bond donors (Lipinski definition) is 3. The molecule has 4 N–H and O–H groups in total. The summed E-state index contributed by atoms with van der Waals surface area (Å²) in [6.45, 7) is 13.5. The number of benzene rings is 3. The molecule has 0 heterocycles. The van der Waals surface area contributed by atoms with Crippen LogP contribution in [-0.2, 0) is 52.5 Å². The van der Waals surface area contributed by atoms with Gasteiger partial charge >= 0.3 is 84.5 Å². The molecule has 0 saturated carbocycles. The average Bonchev–Trinajstić information content (AvgIpc) is 3.27. The fourth-order valence-corrected chi connectivity index (χ4v) is 5.52. The zero-order valence-electron chi connectivity index (χ0n) is 35.2. The Morgan fingerprint density at radius 1 is 0.656 bits per heavy atom. The van der Waals surface area contributed by atoms with E-state index in [0.29, 0.717) is 24.8 Å². The maximum atomic E-state index is 12.2. The summed E-state index contributed by atoms with van der Waals surface area (Å²) in [4.78, 5) is 45.3. The van der Waals surface area contributed by atoms with E-state index in [1.807, 2.05) is 57.2 Å². The molecular formula is C37H48Cl2I5N4O13S3-. The summed E-state index contributed by atoms with van der Waals surface area (Å²) in [5.41, 5.74) is 7.98. The van der Waals surface area contributed by atoms with Gasteiger partial charge in [0.1, 0.15) is 4.90 Å². The van der Waals surface area contributed by atoms with Crippen LogP contribution in [-0.4, -0.2) is 90.9 Å². The molecule has 0 aliphatic rings. The number of aryl methyl sites for hydroxylation is 3. The van der Waals surface area contributed by atoms with Crippen LogP contribution in [0.4, 0.5) is 0 Å². The first-order valence-electron chi connectivity index (χ1n) is 17.5. The first kappa shape index (κ1) is 69.4. The standard InChI is InChI=1S/C18H19NO5S2.C11H13NO3S.C4H6ClNO3.C4H9NO2.ClH.I3.I2/c1-4-23-18(20)17(25-15-9-5-13(2)6-10-15)19-24-26(21,22)16-11-7-14(3)8-12-16;1-3-15-11(13)10(12-14)16-9-6-4-8(2)5-7-9;1-2-9-4(7)3(5)6-8;1-2-7-4(6)3-5;;1-3-2;1-2/h5-12H,4H2,1-3H3;4-7,14H,3H2,1-2H3;8H,2H2,1H3;2-3,5H2,1H3;1H;;/q;;;;;-1;/b19-17-;12-10-;6-3-;;;;. The van der Waals surface area contributed by atoms with E-state index in [0.717, 1.165) is 45.1 Å². The second kappa shape index (κ2) is 44.3. The number of thioether (sulfide) groups is 2. The number of nitrogens with zero attached hydrogens (tertiary/aromatic N) is 3. The van der Waals surface area contributed by atoms with Gasteiger partial charge in [0, 0.05) is 47.0 Å². The summed E-state index contributed by atoms with van der Waals surface area (Å²) >= 11 is 16.6. The molecule has 0 amide bonds. The molecule has 3 aromatic carbocycles. The zero-order valence-corrected chi connectivity index (χ0v) is 50.0. The first-order chi connectivity index (χ1) is 29.9. The Balaban J connectivity index is -0.000000403. The van der Waals surface area contributed by atoms with Crippen LogP contribution in [0.15, 0.2) is 103 Å². The number of hydrogen-bond acceptors (Lipinski definition) is 19. The fraction of sp³-hybridized carbons (Fsp3) is 0.324. The van der Waals surface area contributed by atoms with Crippen LogP contribution in [0.2, 0.25) is 0 Å². The number of halogens is 7. The number of nitrogens with two attached hydrogens (primary N) is 1. The summed E-state index contributed by atoms with van der Waals surface area (Å²) in [6, 6.07) is 21.0. The molecule has 0 atom stereocenters. The zero-order chi connectivity index (χ0) is 48.8. The second-order valence-corrected chi connectivity index (χ2v) is 30.8. The molecular weight excluding hydrogens is 1510 g/mol. The number of carbonyl (C=O) groups excluding carboxylic acids is 4. The van der Waals surface area contributed by atoms with E-state index in [1.54, 1.807) is 52.0 Å². The summed E-state index contributed by atoms with van der Waals surface area (Å²) < 4.78 is 47.6. The van der Waals surface area contributed by atoms with Gasteiger partial charge in [-0.1, -0.05) is 104 Å². The molecule has 3 aromatic rings. The van der Waals surface area contributed by atoms with Crippen molar-refractivity contribution in [1.82, 2.24) is 0 Å². The van der Waals surface area contributed by atoms with Crippen LogP contribution in [0.5, 0.6) is 0 Å². The summed E-state index contributed by atoms with van der Waals surface area (Å²) in [6.07, 6.45) is 0. The molecule has 362 valence electrons. The summed E-state index contributed by atoms with van der Waals surface area (Å²) in [5.74, 6) is -2.53. The van der Waals surface area contributed by atoms with Gasteiger partial charge in [0.2, 0.25) is 10.1 Å². The van der Waals surface area contributed by atoms with Crippen LogP contribution >= 0.6 is 122 Å². The van der Waals surface area contributed by atoms with E-state index in [4.69, 9.17) is 41.5 Å². The van der Waals surface area contributed by atoms with Gasteiger partial charge in [-0.15, -0.1) is 12.4 Å². The van der Waals surface area contributed by atoms with Gasteiger partial charge in [-0.3, -0.25) is 9.08 Å². The number of carbonyl (C=O) groups is 4. The predicted molar refractivity (Wildman–Crippen MR) is 284 cm³/mol. The molecule has 17 nitrogen and oxygen atoms in total. The third-order valence-electron chi connectivity index (χ3n) is 5.99. The Morgan fingerprint density at radius 2 is 1.00 bits per heavy atom. The molecule has 0 fully saturated rings. The van der Waals surface area contributed by atoms with E-state index in [1.165, 1.54) is 12.1 Å². The monoisotopic (exact) mass is 1560 g/mol. The van der Waals surface area contributed by atoms with Crippen molar-refractivity contribution >= 4 is 171 Å². The number of rotatable bonds is 11. The summed E-state index contributed by atoms with van der Waals surface area (Å²) in [7, 11) is -4.13. The van der Waals surface area contributed by atoms with Gasteiger partial charge in [0.25, 0.3) is 5.17 Å². The molecule has 27 heteroatoms. The second-order valence-electron chi connectivity index (χ2n) is 10.6. The molecule has 0 aliphatic heterocycles. The van der Waals surface area contributed by atoms with Gasteiger partial charge in [0.05, 0.1) is 33.0 Å². The Kier molecular flexibility index (Phi) is 48.0. The van der Waals surface area contributed by atoms with Crippen molar-refractivity contribution in [3.63, 3.8) is 0 Å². The van der Waals surface area contributed by atoms with Crippen molar-refractivity contribution in [3.8, 4) is 0 Å².